The number of hydrogen-bond donors (Lipinski definition) is 1. The molecule has 31 heavy (non-hydrogen) atoms. The van der Waals surface area contributed by atoms with Gasteiger partial charge in [-0.2, -0.15) is 9.85 Å². The first-order valence-electron chi connectivity index (χ1n) is 10.1. The lowest BCUT2D eigenvalue weighted by Gasteiger charge is -2.46. The van der Waals surface area contributed by atoms with Crippen molar-refractivity contribution < 1.29 is 17.9 Å². The van der Waals surface area contributed by atoms with Crippen LogP contribution in [0.5, 0.6) is 0 Å². The monoisotopic (exact) mass is 444 g/mol. The molecule has 0 aromatic heterocycles. The first-order chi connectivity index (χ1) is 14.5. The fourth-order valence-electron chi connectivity index (χ4n) is 4.72. The van der Waals surface area contributed by atoms with Crippen molar-refractivity contribution in [2.45, 2.75) is 38.3 Å². The first-order valence-corrected chi connectivity index (χ1v) is 12.2. The lowest BCUT2D eigenvalue weighted by atomic mass is 9.79. The van der Waals surface area contributed by atoms with Crippen LogP contribution in [0.1, 0.15) is 42.5 Å². The second kappa shape index (κ2) is 8.15. The molecule has 0 spiro atoms. The maximum Gasteiger partial charge on any atom is 0.179 e. The van der Waals surface area contributed by atoms with E-state index in [1.807, 2.05) is 14.0 Å². The van der Waals surface area contributed by atoms with E-state index in [4.69, 9.17) is 10.4 Å². The zero-order valence-corrected chi connectivity index (χ0v) is 18.9. The lowest BCUT2D eigenvalue weighted by molar-refractivity contribution is -0.00957. The van der Waals surface area contributed by atoms with Gasteiger partial charge in [0.05, 0.1) is 36.2 Å². The number of nitrogens with zero attached hydrogens (tertiary/aromatic N) is 3. The summed E-state index contributed by atoms with van der Waals surface area (Å²) < 4.78 is 37.9. The zero-order chi connectivity index (χ0) is 23.0. The van der Waals surface area contributed by atoms with Crippen LogP contribution in [-0.4, -0.2) is 44.9 Å². The Hall–Kier alpha value is -2.60. The van der Waals surface area contributed by atoms with Gasteiger partial charge in [0, 0.05) is 24.3 Å². The maximum absolute atomic E-state index is 14.7. The SMILES string of the molecule is CCC(c1ccc(C#N)cc1)(C(C)O)[N+]1(C)N=Cc2c(CCS(C)(=O)=O)cc(F)cc21. The van der Waals surface area contributed by atoms with Crippen LogP contribution in [0.15, 0.2) is 41.5 Å². The number of fused-ring (bicyclic) bond motifs is 1. The maximum atomic E-state index is 14.7. The third-order valence-corrected chi connectivity index (χ3v) is 7.30. The number of quaternary nitrogens is 1. The predicted molar refractivity (Wildman–Crippen MR) is 120 cm³/mol. The summed E-state index contributed by atoms with van der Waals surface area (Å²) in [5, 5.41) is 24.9. The van der Waals surface area contributed by atoms with Gasteiger partial charge in [-0.05, 0) is 37.1 Å². The van der Waals surface area contributed by atoms with E-state index in [1.165, 1.54) is 12.1 Å². The highest BCUT2D eigenvalue weighted by Crippen LogP contribution is 2.48. The average Bonchev–Trinajstić information content (AvgIpc) is 3.04. The van der Waals surface area contributed by atoms with Crippen LogP contribution in [0.3, 0.4) is 0 Å². The number of hydrogen-bond acceptors (Lipinski definition) is 5. The van der Waals surface area contributed by atoms with Gasteiger partial charge in [0.1, 0.15) is 21.8 Å². The zero-order valence-electron chi connectivity index (χ0n) is 18.1. The Kier molecular flexibility index (Phi) is 6.07. The van der Waals surface area contributed by atoms with Crippen LogP contribution in [0.2, 0.25) is 0 Å². The van der Waals surface area contributed by atoms with Crippen LogP contribution in [0.4, 0.5) is 10.1 Å². The minimum atomic E-state index is -3.22. The Bertz CT molecular complexity index is 1170. The number of aryl methyl sites for hydroxylation is 1. The van der Waals surface area contributed by atoms with Crippen molar-refractivity contribution in [3.8, 4) is 6.07 Å². The van der Waals surface area contributed by atoms with E-state index in [-0.39, 0.29) is 16.8 Å². The average molecular weight is 445 g/mol. The molecule has 1 heterocycles. The third-order valence-electron chi connectivity index (χ3n) is 6.36. The number of benzene rings is 2. The second-order valence-electron chi connectivity index (χ2n) is 8.22. The van der Waals surface area contributed by atoms with E-state index in [0.29, 0.717) is 28.8 Å². The molecule has 1 aliphatic heterocycles. The molecule has 3 unspecified atom stereocenters. The molecule has 3 rings (SSSR count). The largest absolute Gasteiger partial charge is 0.386 e. The van der Waals surface area contributed by atoms with E-state index in [0.717, 1.165) is 11.8 Å². The van der Waals surface area contributed by atoms with Crippen LogP contribution >= 0.6 is 0 Å². The molecule has 0 radical (unpaired) electrons. The number of likely N-dealkylation sites (N-methyl/N-ethyl adjacent to an activating group) is 1. The molecule has 0 bridgehead atoms. The van der Waals surface area contributed by atoms with Gasteiger partial charge >= 0.3 is 0 Å². The fraction of sp³-hybridized carbons (Fsp3) is 0.391. The molecular weight excluding hydrogens is 417 g/mol. The highest BCUT2D eigenvalue weighted by molar-refractivity contribution is 7.90. The summed E-state index contributed by atoms with van der Waals surface area (Å²) in [6.07, 6.45) is 2.60. The van der Waals surface area contributed by atoms with Gasteiger partial charge in [-0.3, -0.25) is 0 Å². The molecule has 1 N–H and O–H groups in total. The van der Waals surface area contributed by atoms with Gasteiger partial charge in [-0.1, -0.05) is 24.2 Å². The number of rotatable bonds is 7. The van der Waals surface area contributed by atoms with Crippen LogP contribution in [-0.2, 0) is 21.8 Å². The molecule has 6 nitrogen and oxygen atoms in total. The Balaban J connectivity index is 2.21. The molecule has 2 aromatic carbocycles. The van der Waals surface area contributed by atoms with Crippen molar-refractivity contribution in [1.82, 2.24) is 4.59 Å². The highest BCUT2D eigenvalue weighted by Gasteiger charge is 2.57. The number of nitriles is 1. The van der Waals surface area contributed by atoms with Crippen LogP contribution in [0.25, 0.3) is 0 Å². The van der Waals surface area contributed by atoms with Crippen molar-refractivity contribution >= 4 is 21.7 Å². The molecule has 0 fully saturated rings. The number of halogens is 1. The molecule has 2 aromatic rings. The second-order valence-corrected chi connectivity index (χ2v) is 10.5. The molecule has 0 saturated heterocycles. The van der Waals surface area contributed by atoms with Crippen LogP contribution < -0.4 is 4.59 Å². The van der Waals surface area contributed by atoms with Crippen molar-refractivity contribution in [1.29, 1.82) is 5.26 Å². The standard InChI is InChI=1S/C23H27FN3O3S/c1-5-23(16(2)28,19-8-6-17(14-25)7-9-19)27(3)22-13-20(24)12-18(21(22)15-26-27)10-11-31(4,29)30/h6-9,12-13,15-16,28H,5,10-11H2,1-4H3/q+1. The summed E-state index contributed by atoms with van der Waals surface area (Å²) in [6.45, 7) is 3.62. The lowest BCUT2D eigenvalue weighted by Crippen LogP contribution is -2.62. The minimum Gasteiger partial charge on any atom is -0.386 e. The Morgan fingerprint density at radius 3 is 2.45 bits per heavy atom. The van der Waals surface area contributed by atoms with E-state index >= 15 is 0 Å². The summed E-state index contributed by atoms with van der Waals surface area (Å²) >= 11 is 0. The van der Waals surface area contributed by atoms with Crippen molar-refractivity contribution in [2.24, 2.45) is 5.10 Å². The minimum absolute atomic E-state index is 0.0919. The van der Waals surface area contributed by atoms with E-state index in [2.05, 4.69) is 6.07 Å². The van der Waals surface area contributed by atoms with Gasteiger partial charge < -0.3 is 5.11 Å². The van der Waals surface area contributed by atoms with Crippen molar-refractivity contribution in [3.63, 3.8) is 0 Å². The molecule has 0 aliphatic carbocycles. The van der Waals surface area contributed by atoms with E-state index in [9.17, 15) is 17.9 Å². The fourth-order valence-corrected chi connectivity index (χ4v) is 5.31. The summed E-state index contributed by atoms with van der Waals surface area (Å²) in [5.74, 6) is -0.571. The van der Waals surface area contributed by atoms with Gasteiger partial charge in [0.2, 0.25) is 0 Å². The molecule has 164 valence electrons. The van der Waals surface area contributed by atoms with Gasteiger partial charge in [0.15, 0.2) is 11.2 Å². The Morgan fingerprint density at radius 1 is 1.29 bits per heavy atom. The summed E-state index contributed by atoms with van der Waals surface area (Å²) in [4.78, 5) is 0. The quantitative estimate of drug-likeness (QED) is 0.664. The molecule has 3 atom stereocenters. The molecule has 8 heteroatoms. The summed E-state index contributed by atoms with van der Waals surface area (Å²) in [7, 11) is -1.40. The van der Waals surface area contributed by atoms with Gasteiger partial charge in [-0.25, -0.2) is 12.8 Å². The molecule has 0 amide bonds. The van der Waals surface area contributed by atoms with E-state index < -0.39 is 27.3 Å². The van der Waals surface area contributed by atoms with Crippen molar-refractivity contribution in [2.75, 3.05) is 19.1 Å². The Labute approximate surface area is 182 Å². The molecule has 1 aliphatic rings. The number of sulfone groups is 1. The van der Waals surface area contributed by atoms with E-state index in [1.54, 1.807) is 37.4 Å². The normalized spacial score (nSPS) is 20.7. The number of aliphatic hydroxyl groups is 1. The predicted octanol–water partition coefficient (Wildman–Crippen LogP) is 3.26. The topological polar surface area (TPSA) is 90.5 Å². The van der Waals surface area contributed by atoms with Gasteiger partial charge in [-0.15, -0.1) is 0 Å². The molecular formula is C23H27FN3O3S+. The summed E-state index contributed by atoms with van der Waals surface area (Å²) in [5.41, 5.74) is 2.15. The van der Waals surface area contributed by atoms with Crippen molar-refractivity contribution in [3.05, 3.63) is 64.5 Å². The first kappa shape index (κ1) is 23.1. The Morgan fingerprint density at radius 2 is 1.94 bits per heavy atom. The molecule has 0 saturated carbocycles. The van der Waals surface area contributed by atoms with Gasteiger partial charge in [0.25, 0.3) is 0 Å². The highest BCUT2D eigenvalue weighted by atomic mass is 32.2. The smallest absolute Gasteiger partial charge is 0.179 e. The number of aliphatic hydroxyl groups excluding tert-OH is 1. The van der Waals surface area contributed by atoms with Crippen LogP contribution in [0, 0.1) is 17.1 Å². The summed E-state index contributed by atoms with van der Waals surface area (Å²) in [6, 6.07) is 11.8. The third kappa shape index (κ3) is 3.89.